The zero-order chi connectivity index (χ0) is 35.3. The number of ether oxygens (including phenoxy) is 4. The van der Waals surface area contributed by atoms with Gasteiger partial charge >= 0.3 is 0 Å². The van der Waals surface area contributed by atoms with Crippen LogP contribution < -0.4 is 18.9 Å². The standard InChI is InChI=1S/C49H26O4/c1-3-29-14-20-42-43(21-29)52-46-26-32-16-18-35(23-33(32)27-47(46)51-42)49(39-11-7-5-9-37(39)38-10-6-8-12-40(38)49)36-17-15-31-25-45-48(28-34(31)24-36)53-44-22-30(4-2)13-19-41(44)50-45/h1-2,5-28H. The highest BCUT2D eigenvalue weighted by molar-refractivity contribution is 5.93. The molecule has 8 aromatic rings. The molecule has 0 fully saturated rings. The van der Waals surface area contributed by atoms with Crippen LogP contribution in [0.3, 0.4) is 0 Å². The Hall–Kier alpha value is -7.40. The molecule has 0 unspecified atom stereocenters. The molecule has 4 heteroatoms. The summed E-state index contributed by atoms with van der Waals surface area (Å²) in [4.78, 5) is 0. The van der Waals surface area contributed by atoms with Crippen LogP contribution in [0.2, 0.25) is 0 Å². The number of benzene rings is 8. The lowest BCUT2D eigenvalue weighted by atomic mass is 9.67. The van der Waals surface area contributed by atoms with Gasteiger partial charge in [0.1, 0.15) is 0 Å². The molecule has 0 aromatic heterocycles. The first kappa shape index (κ1) is 29.3. The minimum absolute atomic E-state index is 0.604. The number of rotatable bonds is 2. The van der Waals surface area contributed by atoms with Crippen molar-refractivity contribution in [2.45, 2.75) is 5.41 Å². The Morgan fingerprint density at radius 1 is 0.358 bits per heavy atom. The molecule has 0 radical (unpaired) electrons. The Balaban J connectivity index is 1.10. The van der Waals surface area contributed by atoms with Crippen molar-refractivity contribution in [3.05, 3.63) is 179 Å². The zero-order valence-corrected chi connectivity index (χ0v) is 28.1. The van der Waals surface area contributed by atoms with Gasteiger partial charge in [-0.15, -0.1) is 12.8 Å². The minimum Gasteiger partial charge on any atom is -0.449 e. The van der Waals surface area contributed by atoms with Gasteiger partial charge in [0.15, 0.2) is 46.0 Å². The predicted molar refractivity (Wildman–Crippen MR) is 208 cm³/mol. The van der Waals surface area contributed by atoms with Gasteiger partial charge in [-0.3, -0.25) is 0 Å². The van der Waals surface area contributed by atoms with Gasteiger partial charge in [0.25, 0.3) is 0 Å². The molecule has 3 aliphatic rings. The van der Waals surface area contributed by atoms with Crippen molar-refractivity contribution < 1.29 is 18.9 Å². The van der Waals surface area contributed by atoms with Crippen LogP contribution in [0.15, 0.2) is 146 Å². The molecule has 0 saturated carbocycles. The highest BCUT2D eigenvalue weighted by Crippen LogP contribution is 2.57. The highest BCUT2D eigenvalue weighted by Gasteiger charge is 2.46. The van der Waals surface area contributed by atoms with Crippen molar-refractivity contribution in [3.8, 4) is 81.8 Å². The van der Waals surface area contributed by atoms with E-state index in [0.29, 0.717) is 46.0 Å². The molecule has 2 heterocycles. The Morgan fingerprint density at radius 2 is 0.755 bits per heavy atom. The third-order valence-corrected chi connectivity index (χ3v) is 10.7. The summed E-state index contributed by atoms with van der Waals surface area (Å²) in [7, 11) is 0. The van der Waals surface area contributed by atoms with Gasteiger partial charge in [0.05, 0.1) is 5.41 Å². The van der Waals surface area contributed by atoms with Crippen LogP contribution in [0, 0.1) is 24.7 Å². The Bertz CT molecular complexity index is 2950. The van der Waals surface area contributed by atoms with Gasteiger partial charge in [-0.1, -0.05) is 84.6 Å². The average Bonchev–Trinajstić information content (AvgIpc) is 3.51. The van der Waals surface area contributed by atoms with Crippen LogP contribution in [0.5, 0.6) is 46.0 Å². The Kier molecular flexibility index (Phi) is 5.98. The summed E-state index contributed by atoms with van der Waals surface area (Å²) in [6, 6.07) is 50.2. The van der Waals surface area contributed by atoms with E-state index in [1.807, 2.05) is 48.5 Å². The van der Waals surface area contributed by atoms with Gasteiger partial charge in [-0.25, -0.2) is 0 Å². The van der Waals surface area contributed by atoms with Crippen molar-refractivity contribution in [2.75, 3.05) is 0 Å². The van der Waals surface area contributed by atoms with E-state index in [9.17, 15) is 0 Å². The maximum atomic E-state index is 6.39. The fourth-order valence-corrected chi connectivity index (χ4v) is 8.32. The first-order valence-corrected chi connectivity index (χ1v) is 17.4. The summed E-state index contributed by atoms with van der Waals surface area (Å²) in [5.41, 5.74) is 8.03. The summed E-state index contributed by atoms with van der Waals surface area (Å²) in [5, 5.41) is 4.17. The molecule has 53 heavy (non-hydrogen) atoms. The van der Waals surface area contributed by atoms with E-state index in [1.54, 1.807) is 0 Å². The lowest BCUT2D eigenvalue weighted by Gasteiger charge is -2.34. The van der Waals surface area contributed by atoms with Crippen LogP contribution in [-0.4, -0.2) is 0 Å². The predicted octanol–water partition coefficient (Wildman–Crippen LogP) is 12.1. The third kappa shape index (κ3) is 4.21. The molecule has 0 atom stereocenters. The van der Waals surface area contributed by atoms with Crippen molar-refractivity contribution in [2.24, 2.45) is 0 Å². The normalized spacial score (nSPS) is 13.6. The Morgan fingerprint density at radius 3 is 1.21 bits per heavy atom. The van der Waals surface area contributed by atoms with Crippen LogP contribution in [0.25, 0.3) is 32.7 Å². The van der Waals surface area contributed by atoms with Crippen molar-refractivity contribution >= 4 is 21.5 Å². The van der Waals surface area contributed by atoms with Crippen LogP contribution in [0.4, 0.5) is 0 Å². The smallest absolute Gasteiger partial charge is 0.171 e. The monoisotopic (exact) mass is 678 g/mol. The van der Waals surface area contributed by atoms with E-state index in [-0.39, 0.29) is 0 Å². The van der Waals surface area contributed by atoms with Gasteiger partial charge in [0.2, 0.25) is 0 Å². The maximum absolute atomic E-state index is 6.39. The van der Waals surface area contributed by atoms with Crippen molar-refractivity contribution in [1.82, 2.24) is 0 Å². The molecule has 1 aliphatic carbocycles. The van der Waals surface area contributed by atoms with Crippen molar-refractivity contribution in [1.29, 1.82) is 0 Å². The summed E-state index contributed by atoms with van der Waals surface area (Å²) in [6.07, 6.45) is 11.3. The van der Waals surface area contributed by atoms with Crippen LogP contribution in [-0.2, 0) is 5.41 Å². The molecule has 0 bridgehead atoms. The van der Waals surface area contributed by atoms with Crippen molar-refractivity contribution in [3.63, 3.8) is 0 Å². The number of terminal acetylenes is 2. The molecule has 0 amide bonds. The zero-order valence-electron chi connectivity index (χ0n) is 28.1. The molecular formula is C49H26O4. The largest absolute Gasteiger partial charge is 0.449 e. The lowest BCUT2D eigenvalue weighted by Crippen LogP contribution is -2.28. The fraction of sp³-hybridized carbons (Fsp3) is 0.0204. The molecule has 2 aliphatic heterocycles. The number of fused-ring (bicyclic) bond motifs is 9. The van der Waals surface area contributed by atoms with E-state index in [0.717, 1.165) is 43.8 Å². The molecule has 0 N–H and O–H groups in total. The second-order valence-corrected chi connectivity index (χ2v) is 13.6. The summed E-state index contributed by atoms with van der Waals surface area (Å²) in [5.74, 6) is 10.5. The SMILES string of the molecule is C#Cc1ccc2c(c1)Oc1cc3ccc(C4(c5ccc6cc7c(cc6c5)Oc5cc(C#C)ccc5O7)c5ccccc5-c5ccccc54)cc3cc1O2. The topological polar surface area (TPSA) is 36.9 Å². The number of hydrogen-bond donors (Lipinski definition) is 0. The average molecular weight is 679 g/mol. The molecule has 8 aromatic carbocycles. The molecular weight excluding hydrogens is 653 g/mol. The maximum Gasteiger partial charge on any atom is 0.171 e. The summed E-state index contributed by atoms with van der Waals surface area (Å²) < 4.78 is 25.4. The van der Waals surface area contributed by atoms with E-state index in [1.165, 1.54) is 22.3 Å². The Labute approximate surface area is 305 Å². The quantitative estimate of drug-likeness (QED) is 0.171. The van der Waals surface area contributed by atoms with E-state index in [2.05, 4.69) is 109 Å². The van der Waals surface area contributed by atoms with Gasteiger partial charge in [0, 0.05) is 23.3 Å². The van der Waals surface area contributed by atoms with E-state index >= 15 is 0 Å². The third-order valence-electron chi connectivity index (χ3n) is 10.7. The molecule has 0 saturated heterocycles. The molecule has 0 spiro atoms. The number of hydrogen-bond acceptors (Lipinski definition) is 4. The molecule has 4 nitrogen and oxygen atoms in total. The second kappa shape index (κ2) is 10.8. The fourth-order valence-electron chi connectivity index (χ4n) is 8.32. The van der Waals surface area contributed by atoms with Gasteiger partial charge in [-0.05, 0) is 116 Å². The van der Waals surface area contributed by atoms with E-state index in [4.69, 9.17) is 31.8 Å². The second-order valence-electron chi connectivity index (χ2n) is 13.6. The molecule has 246 valence electrons. The first-order chi connectivity index (χ1) is 26.1. The first-order valence-electron chi connectivity index (χ1n) is 17.4. The van der Waals surface area contributed by atoms with E-state index < -0.39 is 5.41 Å². The lowest BCUT2D eigenvalue weighted by molar-refractivity contribution is 0.360. The highest BCUT2D eigenvalue weighted by atomic mass is 16.6. The van der Waals surface area contributed by atoms with Gasteiger partial charge in [-0.2, -0.15) is 0 Å². The molecule has 11 rings (SSSR count). The van der Waals surface area contributed by atoms with Crippen LogP contribution in [0.1, 0.15) is 33.4 Å². The van der Waals surface area contributed by atoms with Crippen LogP contribution >= 0.6 is 0 Å². The summed E-state index contributed by atoms with van der Waals surface area (Å²) >= 11 is 0. The minimum atomic E-state index is -0.622. The van der Waals surface area contributed by atoms with Gasteiger partial charge < -0.3 is 18.9 Å². The summed E-state index contributed by atoms with van der Waals surface area (Å²) in [6.45, 7) is 0.